The maximum atomic E-state index is 10.4. The molecule has 1 aliphatic rings. The number of aliphatic hydroxyl groups excluding tert-OH is 1. The minimum absolute atomic E-state index is 0.0880. The predicted molar refractivity (Wildman–Crippen MR) is 45.3 cm³/mol. The minimum Gasteiger partial charge on any atom is -0.368 e. The summed E-state index contributed by atoms with van der Waals surface area (Å²) in [5, 5.41) is 17.0. The van der Waals surface area contributed by atoms with E-state index >= 15 is 0 Å². The highest BCUT2D eigenvalue weighted by Crippen LogP contribution is 2.24. The lowest BCUT2D eigenvalue weighted by molar-refractivity contribution is -0.169. The van der Waals surface area contributed by atoms with Crippen molar-refractivity contribution >= 4 is 0 Å². The van der Waals surface area contributed by atoms with Crippen LogP contribution in [-0.4, -0.2) is 36.1 Å². The van der Waals surface area contributed by atoms with Crippen molar-refractivity contribution in [1.29, 1.82) is 0 Å². The zero-order valence-corrected chi connectivity index (χ0v) is 7.15. The Kier molecular flexibility index (Phi) is 3.72. The summed E-state index contributed by atoms with van der Waals surface area (Å²) in [4.78, 5) is 30.6. The molecule has 0 radical (unpaired) electrons. The molecule has 0 saturated carbocycles. The van der Waals surface area contributed by atoms with Crippen LogP contribution in [0, 0.1) is 14.7 Å². The van der Waals surface area contributed by atoms with Crippen molar-refractivity contribution in [3.63, 3.8) is 0 Å². The number of nitroso groups, excluding NO2 is 3. The number of nitrogens with zero attached hydrogens (tertiary/aromatic N) is 3. The van der Waals surface area contributed by atoms with Gasteiger partial charge in [0.05, 0.1) is 0 Å². The fraction of sp³-hybridized carbons (Fsp3) is 1.00. The van der Waals surface area contributed by atoms with Gasteiger partial charge in [-0.05, 0) is 0 Å². The molecular formula is C6H9N3O5. The molecule has 78 valence electrons. The summed E-state index contributed by atoms with van der Waals surface area (Å²) in [6, 6.07) is -2.00. The molecule has 0 aromatic heterocycles. The van der Waals surface area contributed by atoms with Gasteiger partial charge in [0.25, 0.3) is 0 Å². The maximum absolute atomic E-state index is 10.4. The van der Waals surface area contributed by atoms with Gasteiger partial charge in [0.15, 0.2) is 6.29 Å². The average molecular weight is 203 g/mol. The van der Waals surface area contributed by atoms with Gasteiger partial charge in [-0.25, -0.2) is 0 Å². The van der Waals surface area contributed by atoms with Crippen LogP contribution in [0.25, 0.3) is 0 Å². The monoisotopic (exact) mass is 203 g/mol. The molecular weight excluding hydrogens is 194 g/mol. The van der Waals surface area contributed by atoms with Gasteiger partial charge in [0, 0.05) is 6.42 Å². The molecule has 0 unspecified atom stereocenters. The molecule has 0 bridgehead atoms. The first-order valence-corrected chi connectivity index (χ1v) is 4.00. The number of aliphatic hydroxyl groups is 1. The highest BCUT2D eigenvalue weighted by Gasteiger charge is 2.40. The van der Waals surface area contributed by atoms with E-state index in [0.717, 1.165) is 0 Å². The van der Waals surface area contributed by atoms with E-state index in [0.29, 0.717) is 0 Å². The fourth-order valence-electron chi connectivity index (χ4n) is 1.40. The van der Waals surface area contributed by atoms with Crippen molar-refractivity contribution in [2.45, 2.75) is 30.9 Å². The molecule has 8 heteroatoms. The van der Waals surface area contributed by atoms with E-state index in [-0.39, 0.29) is 13.0 Å². The van der Waals surface area contributed by atoms with Crippen LogP contribution in [0.15, 0.2) is 15.5 Å². The third-order valence-electron chi connectivity index (χ3n) is 2.06. The second kappa shape index (κ2) is 4.82. The number of rotatable bonds is 4. The Hall–Kier alpha value is -1.28. The highest BCUT2D eigenvalue weighted by atomic mass is 16.6. The fourth-order valence-corrected chi connectivity index (χ4v) is 1.40. The van der Waals surface area contributed by atoms with Crippen LogP contribution in [0.2, 0.25) is 0 Å². The van der Waals surface area contributed by atoms with Gasteiger partial charge in [0.1, 0.15) is 24.7 Å². The first-order valence-electron chi connectivity index (χ1n) is 4.00. The van der Waals surface area contributed by atoms with Crippen LogP contribution < -0.4 is 0 Å². The van der Waals surface area contributed by atoms with Crippen molar-refractivity contribution in [3.8, 4) is 0 Å². The van der Waals surface area contributed by atoms with Crippen molar-refractivity contribution in [2.75, 3.05) is 6.54 Å². The molecule has 8 nitrogen and oxygen atoms in total. The van der Waals surface area contributed by atoms with E-state index in [4.69, 9.17) is 9.84 Å². The summed E-state index contributed by atoms with van der Waals surface area (Å²) in [6.45, 7) is -0.334. The summed E-state index contributed by atoms with van der Waals surface area (Å²) < 4.78 is 4.83. The largest absolute Gasteiger partial charge is 0.368 e. The van der Waals surface area contributed by atoms with Crippen LogP contribution in [0.5, 0.6) is 0 Å². The van der Waals surface area contributed by atoms with Crippen molar-refractivity contribution in [2.24, 2.45) is 15.5 Å². The van der Waals surface area contributed by atoms with Crippen molar-refractivity contribution in [1.82, 2.24) is 0 Å². The van der Waals surface area contributed by atoms with E-state index < -0.39 is 24.5 Å². The standard InChI is InChI=1S/C6H9N3O5/c10-5-1-3(8-12)6(9-13)4(14-5)2-7-11/h3-6,10H,1-2H2/t3-,4-,5-,6-/m1/s1. The summed E-state index contributed by atoms with van der Waals surface area (Å²) in [5.74, 6) is 0. The van der Waals surface area contributed by atoms with Gasteiger partial charge in [-0.2, -0.15) is 14.7 Å². The Bertz CT molecular complexity index is 236. The smallest absolute Gasteiger partial charge is 0.157 e. The predicted octanol–water partition coefficient (Wildman–Crippen LogP) is 0.130. The van der Waals surface area contributed by atoms with Gasteiger partial charge in [-0.15, -0.1) is 0 Å². The van der Waals surface area contributed by atoms with Crippen molar-refractivity contribution in [3.05, 3.63) is 14.7 Å². The Morgan fingerprint density at radius 2 is 2.00 bits per heavy atom. The van der Waals surface area contributed by atoms with E-state index in [1.165, 1.54) is 0 Å². The first-order chi connectivity index (χ1) is 6.72. The summed E-state index contributed by atoms with van der Waals surface area (Å²) in [7, 11) is 0. The summed E-state index contributed by atoms with van der Waals surface area (Å²) in [6.07, 6.45) is -2.26. The zero-order chi connectivity index (χ0) is 10.6. The molecule has 14 heavy (non-hydrogen) atoms. The van der Waals surface area contributed by atoms with E-state index in [2.05, 4.69) is 15.5 Å². The van der Waals surface area contributed by atoms with E-state index in [1.54, 1.807) is 0 Å². The van der Waals surface area contributed by atoms with Gasteiger partial charge in [-0.3, -0.25) is 0 Å². The lowest BCUT2D eigenvalue weighted by Crippen LogP contribution is -2.47. The molecule has 4 atom stereocenters. The SMILES string of the molecule is O=NC[C@H]1O[C@@H](O)C[C@@H](N=O)[C@H]1N=O. The Morgan fingerprint density at radius 1 is 1.29 bits per heavy atom. The highest BCUT2D eigenvalue weighted by molar-refractivity contribution is 4.93. The van der Waals surface area contributed by atoms with E-state index in [1.807, 2.05) is 0 Å². The van der Waals surface area contributed by atoms with Crippen molar-refractivity contribution < 1.29 is 9.84 Å². The molecule has 0 aromatic rings. The molecule has 1 fully saturated rings. The zero-order valence-electron chi connectivity index (χ0n) is 7.15. The van der Waals surface area contributed by atoms with Gasteiger partial charge >= 0.3 is 0 Å². The normalized spacial score (nSPS) is 37.5. The van der Waals surface area contributed by atoms with E-state index in [9.17, 15) is 14.7 Å². The average Bonchev–Trinajstić information content (AvgIpc) is 2.17. The van der Waals surface area contributed by atoms with Crippen LogP contribution in [0.1, 0.15) is 6.42 Å². The third kappa shape index (κ3) is 2.15. The van der Waals surface area contributed by atoms with Crippen LogP contribution in [-0.2, 0) is 4.74 Å². The molecule has 0 aromatic carbocycles. The molecule has 1 heterocycles. The number of ether oxygens (including phenoxy) is 1. The van der Waals surface area contributed by atoms with Crippen LogP contribution in [0.3, 0.4) is 0 Å². The maximum Gasteiger partial charge on any atom is 0.157 e. The molecule has 0 aliphatic carbocycles. The van der Waals surface area contributed by atoms with Gasteiger partial charge < -0.3 is 9.84 Å². The first kappa shape index (κ1) is 10.8. The summed E-state index contributed by atoms with van der Waals surface area (Å²) >= 11 is 0. The van der Waals surface area contributed by atoms with Crippen LogP contribution >= 0.6 is 0 Å². The molecule has 1 N–H and O–H groups in total. The number of hydrogen-bond acceptors (Lipinski definition) is 8. The van der Waals surface area contributed by atoms with Gasteiger partial charge in [0.2, 0.25) is 0 Å². The molecule has 0 spiro atoms. The summed E-state index contributed by atoms with van der Waals surface area (Å²) in [5.41, 5.74) is 0. The Morgan fingerprint density at radius 3 is 2.50 bits per heavy atom. The van der Waals surface area contributed by atoms with Crippen LogP contribution in [0.4, 0.5) is 0 Å². The third-order valence-corrected chi connectivity index (χ3v) is 2.06. The lowest BCUT2D eigenvalue weighted by Gasteiger charge is -2.31. The minimum atomic E-state index is -1.21. The Labute approximate surface area is 78.6 Å². The number of hydrogen-bond donors (Lipinski definition) is 1. The quantitative estimate of drug-likeness (QED) is 0.651. The second-order valence-corrected chi connectivity index (χ2v) is 2.95. The topological polar surface area (TPSA) is 118 Å². The molecule has 0 amide bonds. The molecule has 1 aliphatic heterocycles. The molecule has 1 saturated heterocycles. The lowest BCUT2D eigenvalue weighted by atomic mass is 9.97. The van der Waals surface area contributed by atoms with Gasteiger partial charge in [-0.1, -0.05) is 15.5 Å². The second-order valence-electron chi connectivity index (χ2n) is 2.95. The Balaban J connectivity index is 2.74. The molecule has 1 rings (SSSR count).